The molecule has 1 fully saturated rings. The Morgan fingerprint density at radius 3 is 2.47 bits per heavy atom. The molecule has 0 bridgehead atoms. The molecule has 80 valence electrons. The molecule has 0 spiro atoms. The Balaban J connectivity index is 2.47. The Labute approximate surface area is 101 Å². The van der Waals surface area contributed by atoms with E-state index in [1.165, 1.54) is 0 Å². The van der Waals surface area contributed by atoms with Crippen LogP contribution in [0.1, 0.15) is 24.8 Å². The molecule has 1 aliphatic rings. The summed E-state index contributed by atoms with van der Waals surface area (Å²) in [5.41, 5.74) is 0.105. The molecule has 2 rings (SSSR count). The third-order valence-corrected chi connectivity index (χ3v) is 3.71. The molecule has 0 unspecified atom stereocenters. The molecule has 1 aromatic carbocycles. The molecular weight excluding hydrogens is 279 g/mol. The largest absolute Gasteiger partial charge is 0.481 e. The third kappa shape index (κ3) is 1.79. The van der Waals surface area contributed by atoms with Gasteiger partial charge in [-0.1, -0.05) is 34.0 Å². The van der Waals surface area contributed by atoms with Gasteiger partial charge in [0.25, 0.3) is 0 Å². The lowest BCUT2D eigenvalue weighted by Crippen LogP contribution is -2.42. The zero-order valence-electron chi connectivity index (χ0n) is 7.96. The Hall–Kier alpha value is -0.540. The predicted octanol–water partition coefficient (Wildman–Crippen LogP) is 3.61. The Kier molecular flexibility index (Phi) is 2.77. The first-order chi connectivity index (χ1) is 7.04. The van der Waals surface area contributed by atoms with E-state index < -0.39 is 11.4 Å². The van der Waals surface area contributed by atoms with Crippen LogP contribution in [0.25, 0.3) is 0 Å². The molecule has 15 heavy (non-hydrogen) atoms. The third-order valence-electron chi connectivity index (χ3n) is 3.03. The van der Waals surface area contributed by atoms with E-state index in [1.807, 2.05) is 6.07 Å². The highest BCUT2D eigenvalue weighted by atomic mass is 79.9. The number of carbonyl (C=O) groups is 1. The van der Waals surface area contributed by atoms with Gasteiger partial charge in [0.2, 0.25) is 0 Å². The maximum Gasteiger partial charge on any atom is 0.314 e. The average Bonchev–Trinajstić information content (AvgIpc) is 1.97. The first-order valence-electron chi connectivity index (χ1n) is 4.74. The van der Waals surface area contributed by atoms with Crippen LogP contribution in [-0.4, -0.2) is 11.1 Å². The van der Waals surface area contributed by atoms with E-state index in [9.17, 15) is 9.90 Å². The molecule has 1 N–H and O–H groups in total. The van der Waals surface area contributed by atoms with Gasteiger partial charge in [-0.25, -0.2) is 0 Å². The second-order valence-electron chi connectivity index (χ2n) is 3.90. The van der Waals surface area contributed by atoms with E-state index in [-0.39, 0.29) is 0 Å². The minimum Gasteiger partial charge on any atom is -0.481 e. The van der Waals surface area contributed by atoms with Crippen LogP contribution in [-0.2, 0) is 10.2 Å². The van der Waals surface area contributed by atoms with E-state index in [0.29, 0.717) is 17.9 Å². The summed E-state index contributed by atoms with van der Waals surface area (Å²) in [6.07, 6.45) is 2.38. The van der Waals surface area contributed by atoms with Crippen LogP contribution in [0.3, 0.4) is 0 Å². The smallest absolute Gasteiger partial charge is 0.314 e. The number of halogens is 2. The van der Waals surface area contributed by atoms with Crippen LogP contribution in [0.4, 0.5) is 0 Å². The zero-order chi connectivity index (χ0) is 11.1. The van der Waals surface area contributed by atoms with E-state index in [0.717, 1.165) is 16.5 Å². The van der Waals surface area contributed by atoms with Crippen molar-refractivity contribution in [2.24, 2.45) is 0 Å². The minimum absolute atomic E-state index is 0.576. The number of carboxylic acids is 1. The van der Waals surface area contributed by atoms with Crippen molar-refractivity contribution in [3.63, 3.8) is 0 Å². The van der Waals surface area contributed by atoms with Gasteiger partial charge in [-0.2, -0.15) is 0 Å². The molecule has 0 amide bonds. The number of rotatable bonds is 2. The van der Waals surface area contributed by atoms with Gasteiger partial charge < -0.3 is 5.11 Å². The molecule has 2 nitrogen and oxygen atoms in total. The van der Waals surface area contributed by atoms with Gasteiger partial charge in [-0.15, -0.1) is 0 Å². The lowest BCUT2D eigenvalue weighted by Gasteiger charge is -2.38. The highest BCUT2D eigenvalue weighted by Crippen LogP contribution is 2.45. The number of aliphatic carboxylic acids is 1. The summed E-state index contributed by atoms with van der Waals surface area (Å²) in [5.74, 6) is -0.747. The lowest BCUT2D eigenvalue weighted by atomic mass is 9.64. The van der Waals surface area contributed by atoms with Gasteiger partial charge >= 0.3 is 5.97 Å². The molecule has 0 saturated heterocycles. The molecular formula is C11H10BrClO2. The number of hydrogen-bond donors (Lipinski definition) is 1. The Morgan fingerprint density at radius 2 is 2.07 bits per heavy atom. The SMILES string of the molecule is O=C(O)C1(c2cc(Cl)cc(Br)c2)CCC1. The van der Waals surface area contributed by atoms with Crippen molar-refractivity contribution in [2.45, 2.75) is 24.7 Å². The highest BCUT2D eigenvalue weighted by molar-refractivity contribution is 9.10. The summed E-state index contributed by atoms with van der Waals surface area (Å²) in [5, 5.41) is 9.84. The summed E-state index contributed by atoms with van der Waals surface area (Å²) in [4.78, 5) is 11.3. The van der Waals surface area contributed by atoms with Crippen molar-refractivity contribution >= 4 is 33.5 Å². The molecule has 0 atom stereocenters. The van der Waals surface area contributed by atoms with Crippen LogP contribution in [0.15, 0.2) is 22.7 Å². The van der Waals surface area contributed by atoms with E-state index in [2.05, 4.69) is 15.9 Å². The van der Waals surface area contributed by atoms with Crippen molar-refractivity contribution in [1.82, 2.24) is 0 Å². The van der Waals surface area contributed by atoms with E-state index >= 15 is 0 Å². The first-order valence-corrected chi connectivity index (χ1v) is 5.92. The molecule has 0 aliphatic heterocycles. The number of benzene rings is 1. The van der Waals surface area contributed by atoms with Crippen molar-refractivity contribution in [3.05, 3.63) is 33.3 Å². The maximum absolute atomic E-state index is 11.3. The summed E-state index contributed by atoms with van der Waals surface area (Å²) >= 11 is 9.25. The van der Waals surface area contributed by atoms with Gasteiger partial charge in [0.1, 0.15) is 0 Å². The van der Waals surface area contributed by atoms with E-state index in [1.54, 1.807) is 12.1 Å². The lowest BCUT2D eigenvalue weighted by molar-refractivity contribution is -0.147. The van der Waals surface area contributed by atoms with Gasteiger partial charge in [0.05, 0.1) is 5.41 Å². The fourth-order valence-corrected chi connectivity index (χ4v) is 2.85. The van der Waals surface area contributed by atoms with Crippen LogP contribution in [0, 0.1) is 0 Å². The van der Waals surface area contributed by atoms with Crippen LogP contribution in [0.5, 0.6) is 0 Å². The van der Waals surface area contributed by atoms with Gasteiger partial charge in [0.15, 0.2) is 0 Å². The molecule has 1 aliphatic carbocycles. The number of carboxylic acid groups (broad SMARTS) is 1. The summed E-state index contributed by atoms with van der Waals surface area (Å²) in [6, 6.07) is 5.36. The van der Waals surface area contributed by atoms with Gasteiger partial charge in [0, 0.05) is 9.50 Å². The van der Waals surface area contributed by atoms with Gasteiger partial charge in [-0.3, -0.25) is 4.79 Å². The second kappa shape index (κ2) is 3.80. The van der Waals surface area contributed by atoms with Crippen LogP contribution < -0.4 is 0 Å². The summed E-state index contributed by atoms with van der Waals surface area (Å²) < 4.78 is 0.831. The van der Waals surface area contributed by atoms with Crippen LogP contribution >= 0.6 is 27.5 Å². The molecule has 1 saturated carbocycles. The maximum atomic E-state index is 11.3. The van der Waals surface area contributed by atoms with Crippen molar-refractivity contribution in [2.75, 3.05) is 0 Å². The topological polar surface area (TPSA) is 37.3 Å². The molecule has 1 aromatic rings. The number of hydrogen-bond acceptors (Lipinski definition) is 1. The molecule has 0 radical (unpaired) electrons. The summed E-state index contributed by atoms with van der Waals surface area (Å²) in [6.45, 7) is 0. The zero-order valence-corrected chi connectivity index (χ0v) is 10.3. The van der Waals surface area contributed by atoms with Gasteiger partial charge in [-0.05, 0) is 36.6 Å². The molecule has 4 heteroatoms. The minimum atomic E-state index is -0.747. The van der Waals surface area contributed by atoms with Crippen molar-refractivity contribution < 1.29 is 9.90 Å². The average molecular weight is 290 g/mol. The van der Waals surface area contributed by atoms with Crippen LogP contribution in [0.2, 0.25) is 5.02 Å². The predicted molar refractivity (Wildman–Crippen MR) is 62.3 cm³/mol. The standard InChI is InChI=1S/C11H10BrClO2/c12-8-4-7(5-9(13)6-8)11(10(14)15)2-1-3-11/h4-6H,1-3H2,(H,14,15). The van der Waals surface area contributed by atoms with E-state index in [4.69, 9.17) is 11.6 Å². The fourth-order valence-electron chi connectivity index (χ4n) is 1.99. The Bertz CT molecular complexity index is 393. The fraction of sp³-hybridized carbons (Fsp3) is 0.364. The highest BCUT2D eigenvalue weighted by Gasteiger charge is 2.46. The van der Waals surface area contributed by atoms with Crippen molar-refractivity contribution in [1.29, 1.82) is 0 Å². The molecule has 0 aromatic heterocycles. The first kappa shape index (κ1) is 11.0. The van der Waals surface area contributed by atoms with Crippen molar-refractivity contribution in [3.8, 4) is 0 Å². The quantitative estimate of drug-likeness (QED) is 0.903. The summed E-state index contributed by atoms with van der Waals surface area (Å²) in [7, 11) is 0. The molecule has 0 heterocycles. The monoisotopic (exact) mass is 288 g/mol. The second-order valence-corrected chi connectivity index (χ2v) is 5.25. The normalized spacial score (nSPS) is 18.3. The Morgan fingerprint density at radius 1 is 1.40 bits per heavy atom.